The molecule has 1 unspecified atom stereocenters. The number of rotatable bonds is 9. The fourth-order valence-corrected chi connectivity index (χ4v) is 1.89. The summed E-state index contributed by atoms with van der Waals surface area (Å²) in [6.45, 7) is 5.05. The van der Waals surface area contributed by atoms with Crippen LogP contribution in [0.5, 0.6) is 0 Å². The summed E-state index contributed by atoms with van der Waals surface area (Å²) in [5.41, 5.74) is 1.66. The van der Waals surface area contributed by atoms with Gasteiger partial charge in [-0.2, -0.15) is 0 Å². The Morgan fingerprint density at radius 2 is 1.90 bits per heavy atom. The van der Waals surface area contributed by atoms with Gasteiger partial charge in [0.1, 0.15) is 0 Å². The number of carbonyl (C=O) groups excluding carboxylic acids is 1. The highest BCUT2D eigenvalue weighted by Crippen LogP contribution is 2.10. The Kier molecular flexibility index (Phi) is 7.73. The molecule has 0 aliphatic rings. The van der Waals surface area contributed by atoms with Gasteiger partial charge in [0.15, 0.2) is 0 Å². The highest BCUT2D eigenvalue weighted by molar-refractivity contribution is 5.94. The first-order chi connectivity index (χ1) is 9.71. The summed E-state index contributed by atoms with van der Waals surface area (Å²) in [4.78, 5) is 11.9. The molecule has 0 radical (unpaired) electrons. The number of amides is 1. The molecule has 0 fully saturated rings. The van der Waals surface area contributed by atoms with Crippen LogP contribution in [-0.4, -0.2) is 30.2 Å². The lowest BCUT2D eigenvalue weighted by Gasteiger charge is -2.14. The van der Waals surface area contributed by atoms with E-state index in [1.807, 2.05) is 31.2 Å². The van der Waals surface area contributed by atoms with Crippen molar-refractivity contribution in [3.05, 3.63) is 29.8 Å². The van der Waals surface area contributed by atoms with E-state index in [0.717, 1.165) is 25.1 Å². The van der Waals surface area contributed by atoms with Gasteiger partial charge in [0.25, 0.3) is 5.91 Å². The van der Waals surface area contributed by atoms with Crippen LogP contribution in [0.15, 0.2) is 24.3 Å². The second kappa shape index (κ2) is 9.37. The van der Waals surface area contributed by atoms with Gasteiger partial charge in [-0.1, -0.05) is 26.7 Å². The molecule has 4 heteroatoms. The smallest absolute Gasteiger partial charge is 0.251 e. The Balaban J connectivity index is 2.46. The van der Waals surface area contributed by atoms with Gasteiger partial charge in [-0.25, -0.2) is 0 Å². The van der Waals surface area contributed by atoms with Crippen LogP contribution < -0.4 is 10.6 Å². The molecule has 0 aliphatic heterocycles. The van der Waals surface area contributed by atoms with Crippen molar-refractivity contribution in [3.63, 3.8) is 0 Å². The molecule has 1 aromatic rings. The van der Waals surface area contributed by atoms with Gasteiger partial charge in [-0.3, -0.25) is 4.79 Å². The zero-order valence-electron chi connectivity index (χ0n) is 12.5. The molecule has 1 amide bonds. The van der Waals surface area contributed by atoms with Crippen LogP contribution >= 0.6 is 0 Å². The summed E-state index contributed by atoms with van der Waals surface area (Å²) in [6.07, 6.45) is 4.32. The fourth-order valence-electron chi connectivity index (χ4n) is 1.89. The Morgan fingerprint density at radius 1 is 1.20 bits per heavy atom. The Bertz CT molecular complexity index is 386. The maximum absolute atomic E-state index is 11.9. The number of hydrogen-bond acceptors (Lipinski definition) is 3. The van der Waals surface area contributed by atoms with Crippen LogP contribution in [-0.2, 0) is 0 Å². The largest absolute Gasteiger partial charge is 0.394 e. The van der Waals surface area contributed by atoms with Gasteiger partial charge in [-0.15, -0.1) is 0 Å². The molecule has 0 bridgehead atoms. The Hall–Kier alpha value is -1.55. The van der Waals surface area contributed by atoms with E-state index in [9.17, 15) is 4.79 Å². The van der Waals surface area contributed by atoms with E-state index < -0.39 is 0 Å². The van der Waals surface area contributed by atoms with Crippen LogP contribution in [0.1, 0.15) is 49.9 Å². The minimum Gasteiger partial charge on any atom is -0.394 e. The van der Waals surface area contributed by atoms with Crippen molar-refractivity contribution in [3.8, 4) is 0 Å². The third kappa shape index (κ3) is 5.61. The van der Waals surface area contributed by atoms with Crippen molar-refractivity contribution in [1.29, 1.82) is 0 Å². The minimum absolute atomic E-state index is 0.0285. The molecule has 0 aromatic heterocycles. The number of unbranched alkanes of at least 4 members (excludes halogenated alkanes) is 2. The number of carbonyl (C=O) groups is 1. The predicted molar refractivity (Wildman–Crippen MR) is 83.1 cm³/mol. The SMILES string of the molecule is CCCCCNc1ccc(C(=O)NC(CC)CO)cc1. The summed E-state index contributed by atoms with van der Waals surface area (Å²) in [5, 5.41) is 15.2. The summed E-state index contributed by atoms with van der Waals surface area (Å²) in [6, 6.07) is 7.28. The van der Waals surface area contributed by atoms with Crippen molar-refractivity contribution >= 4 is 11.6 Å². The van der Waals surface area contributed by atoms with Crippen LogP contribution in [0, 0.1) is 0 Å². The predicted octanol–water partition coefficient (Wildman–Crippen LogP) is 2.79. The maximum Gasteiger partial charge on any atom is 0.251 e. The van der Waals surface area contributed by atoms with Gasteiger partial charge in [0, 0.05) is 17.8 Å². The van der Waals surface area contributed by atoms with Gasteiger partial charge in [0.05, 0.1) is 12.6 Å². The van der Waals surface area contributed by atoms with Crippen molar-refractivity contribution in [2.75, 3.05) is 18.5 Å². The van der Waals surface area contributed by atoms with E-state index in [0.29, 0.717) is 5.56 Å². The summed E-state index contributed by atoms with van der Waals surface area (Å²) >= 11 is 0. The first-order valence-corrected chi connectivity index (χ1v) is 7.46. The average molecular weight is 278 g/mol. The molecule has 0 saturated heterocycles. The van der Waals surface area contributed by atoms with Crippen LogP contribution in [0.2, 0.25) is 0 Å². The van der Waals surface area contributed by atoms with Gasteiger partial charge in [-0.05, 0) is 37.1 Å². The number of hydrogen-bond donors (Lipinski definition) is 3. The molecule has 1 aromatic carbocycles. The van der Waals surface area contributed by atoms with E-state index in [2.05, 4.69) is 17.6 Å². The van der Waals surface area contributed by atoms with Crippen molar-refractivity contribution in [2.24, 2.45) is 0 Å². The first-order valence-electron chi connectivity index (χ1n) is 7.46. The number of aliphatic hydroxyl groups excluding tert-OH is 1. The van der Waals surface area contributed by atoms with E-state index >= 15 is 0 Å². The molecule has 0 spiro atoms. The van der Waals surface area contributed by atoms with E-state index in [1.54, 1.807) is 0 Å². The minimum atomic E-state index is -0.172. The standard InChI is InChI=1S/C16H26N2O2/c1-3-5-6-11-17-15-9-7-13(8-10-15)16(20)18-14(4-2)12-19/h7-10,14,17,19H,3-6,11-12H2,1-2H3,(H,18,20). The topological polar surface area (TPSA) is 61.4 Å². The van der Waals surface area contributed by atoms with E-state index in [-0.39, 0.29) is 18.6 Å². The highest BCUT2D eigenvalue weighted by Gasteiger charge is 2.10. The molecule has 0 saturated carbocycles. The number of nitrogens with one attached hydrogen (secondary N) is 2. The second-order valence-electron chi connectivity index (χ2n) is 4.97. The van der Waals surface area contributed by atoms with Crippen LogP contribution in [0.25, 0.3) is 0 Å². The molecule has 0 heterocycles. The second-order valence-corrected chi connectivity index (χ2v) is 4.97. The van der Waals surface area contributed by atoms with Crippen LogP contribution in [0.3, 0.4) is 0 Å². The lowest BCUT2D eigenvalue weighted by molar-refractivity contribution is 0.0915. The van der Waals surface area contributed by atoms with Crippen molar-refractivity contribution in [1.82, 2.24) is 5.32 Å². The lowest BCUT2D eigenvalue weighted by atomic mass is 10.1. The third-order valence-corrected chi connectivity index (χ3v) is 3.30. The Labute approximate surface area is 121 Å². The Morgan fingerprint density at radius 3 is 2.45 bits per heavy atom. The van der Waals surface area contributed by atoms with Crippen molar-refractivity contribution in [2.45, 2.75) is 45.6 Å². The molecular weight excluding hydrogens is 252 g/mol. The lowest BCUT2D eigenvalue weighted by Crippen LogP contribution is -2.36. The average Bonchev–Trinajstić information content (AvgIpc) is 2.49. The molecule has 1 rings (SSSR count). The quantitative estimate of drug-likeness (QED) is 0.609. The molecule has 3 N–H and O–H groups in total. The number of anilines is 1. The van der Waals surface area contributed by atoms with Crippen LogP contribution in [0.4, 0.5) is 5.69 Å². The highest BCUT2D eigenvalue weighted by atomic mass is 16.3. The zero-order chi connectivity index (χ0) is 14.8. The van der Waals surface area contributed by atoms with E-state index in [4.69, 9.17) is 5.11 Å². The molecule has 1 atom stereocenters. The normalized spacial score (nSPS) is 11.9. The van der Waals surface area contributed by atoms with E-state index in [1.165, 1.54) is 12.8 Å². The maximum atomic E-state index is 11.9. The number of benzene rings is 1. The summed E-state index contributed by atoms with van der Waals surface area (Å²) in [5.74, 6) is -0.136. The van der Waals surface area contributed by atoms with Gasteiger partial charge in [0.2, 0.25) is 0 Å². The molecular formula is C16H26N2O2. The van der Waals surface area contributed by atoms with Crippen molar-refractivity contribution < 1.29 is 9.90 Å². The first kappa shape index (κ1) is 16.5. The fraction of sp³-hybridized carbons (Fsp3) is 0.562. The summed E-state index contributed by atoms with van der Waals surface area (Å²) in [7, 11) is 0. The third-order valence-electron chi connectivity index (χ3n) is 3.30. The molecule has 0 aliphatic carbocycles. The molecule has 20 heavy (non-hydrogen) atoms. The summed E-state index contributed by atoms with van der Waals surface area (Å²) < 4.78 is 0. The zero-order valence-corrected chi connectivity index (χ0v) is 12.5. The molecule has 4 nitrogen and oxygen atoms in total. The van der Waals surface area contributed by atoms with Gasteiger partial charge >= 0.3 is 0 Å². The molecule has 112 valence electrons. The van der Waals surface area contributed by atoms with Gasteiger partial charge < -0.3 is 15.7 Å². The number of aliphatic hydroxyl groups is 1. The monoisotopic (exact) mass is 278 g/mol.